The number of nitrogens with one attached hydrogen (secondary N) is 1. The van der Waals surface area contributed by atoms with E-state index >= 15 is 0 Å². The van der Waals surface area contributed by atoms with Crippen LogP contribution in [0.1, 0.15) is 20.3 Å². The van der Waals surface area contributed by atoms with E-state index in [1.54, 1.807) is 13.8 Å². The molecule has 1 saturated heterocycles. The molecule has 0 spiro atoms. The molecule has 0 unspecified atom stereocenters. The molecule has 0 radical (unpaired) electrons. The summed E-state index contributed by atoms with van der Waals surface area (Å²) < 4.78 is 11.7. The van der Waals surface area contributed by atoms with E-state index in [-0.39, 0.29) is 47.0 Å². The molecule has 0 aromatic carbocycles. The Kier molecular flexibility index (Phi) is 4.56. The Morgan fingerprint density at radius 3 is 2.67 bits per heavy atom. The fourth-order valence-electron chi connectivity index (χ4n) is 3.25. The topological polar surface area (TPSA) is 120 Å². The second kappa shape index (κ2) is 6.23. The number of nitrogens with zero attached hydrogens (tertiary/aromatic N) is 3. The van der Waals surface area contributed by atoms with Gasteiger partial charge in [-0.1, -0.05) is 11.6 Å². The molecule has 1 aliphatic heterocycles. The largest absolute Gasteiger partial charge is 0.396 e. The number of aliphatic hydroxyl groups excluding tert-OH is 1. The lowest BCUT2D eigenvalue weighted by atomic mass is 10.1. The first kappa shape index (κ1) is 17.6. The Bertz CT molecular complexity index is 674. The van der Waals surface area contributed by atoms with Gasteiger partial charge in [-0.3, -0.25) is 10.1 Å². The number of aromatic nitrogens is 2. The van der Waals surface area contributed by atoms with Gasteiger partial charge in [0.2, 0.25) is 16.3 Å². The van der Waals surface area contributed by atoms with Gasteiger partial charge in [0.1, 0.15) is 6.10 Å². The summed E-state index contributed by atoms with van der Waals surface area (Å²) >= 11 is 11.6. The molecule has 9 nitrogen and oxygen atoms in total. The standard InChI is InChI=1S/C13H16Cl2N4O5/c1-13(2)23-8-5(4-20)3-6(9(8)24-13)16-11-7(19(21)22)10(14)17-12(15)18-11/h5-6,8-9,20H,3-4H2,1-2H3,(H,16,17,18)/t5-,6-,8-,9+/m1/s1. The number of fused-ring (bicyclic) bond motifs is 1. The second-order valence-electron chi connectivity index (χ2n) is 6.23. The van der Waals surface area contributed by atoms with Crippen LogP contribution in [0.3, 0.4) is 0 Å². The fourth-order valence-corrected chi connectivity index (χ4v) is 3.70. The Morgan fingerprint density at radius 2 is 2.04 bits per heavy atom. The van der Waals surface area contributed by atoms with E-state index in [4.69, 9.17) is 32.7 Å². The van der Waals surface area contributed by atoms with Crippen molar-refractivity contribution in [1.29, 1.82) is 0 Å². The Labute approximate surface area is 147 Å². The summed E-state index contributed by atoms with van der Waals surface area (Å²) in [5.41, 5.74) is -0.455. The van der Waals surface area contributed by atoms with Gasteiger partial charge in [0, 0.05) is 12.5 Å². The molecule has 132 valence electrons. The van der Waals surface area contributed by atoms with E-state index in [2.05, 4.69) is 15.3 Å². The van der Waals surface area contributed by atoms with Crippen molar-refractivity contribution in [3.63, 3.8) is 0 Å². The molecule has 3 rings (SSSR count). The zero-order chi connectivity index (χ0) is 17.6. The van der Waals surface area contributed by atoms with E-state index in [0.29, 0.717) is 6.42 Å². The molecule has 1 saturated carbocycles. The summed E-state index contributed by atoms with van der Waals surface area (Å²) in [7, 11) is 0. The molecule has 2 heterocycles. The van der Waals surface area contributed by atoms with Gasteiger partial charge in [0.25, 0.3) is 0 Å². The van der Waals surface area contributed by atoms with Crippen LogP contribution in [0.5, 0.6) is 0 Å². The highest BCUT2D eigenvalue weighted by atomic mass is 35.5. The molecular formula is C13H16Cl2N4O5. The lowest BCUT2D eigenvalue weighted by molar-refractivity contribution is -0.384. The maximum atomic E-state index is 11.2. The first-order chi connectivity index (χ1) is 11.2. The third-order valence-electron chi connectivity index (χ3n) is 4.13. The molecule has 11 heteroatoms. The van der Waals surface area contributed by atoms with E-state index < -0.39 is 16.4 Å². The molecule has 1 aromatic rings. The normalized spacial score (nSPS) is 31.0. The van der Waals surface area contributed by atoms with Crippen LogP contribution in [0.25, 0.3) is 0 Å². The van der Waals surface area contributed by atoms with Gasteiger partial charge in [-0.15, -0.1) is 0 Å². The summed E-state index contributed by atoms with van der Waals surface area (Å²) in [6.07, 6.45) is -0.197. The first-order valence-corrected chi connectivity index (χ1v) is 8.08. The van der Waals surface area contributed by atoms with Crippen LogP contribution >= 0.6 is 23.2 Å². The summed E-state index contributed by atoms with van der Waals surface area (Å²) in [6, 6.07) is -0.352. The van der Waals surface area contributed by atoms with E-state index in [9.17, 15) is 15.2 Å². The van der Waals surface area contributed by atoms with Gasteiger partial charge in [-0.05, 0) is 31.9 Å². The van der Waals surface area contributed by atoms with Crippen LogP contribution in [0.2, 0.25) is 10.4 Å². The van der Waals surface area contributed by atoms with E-state index in [1.165, 1.54) is 0 Å². The molecule has 2 aliphatic rings. The smallest absolute Gasteiger partial charge is 0.348 e. The predicted octanol–water partition coefficient (Wildman–Crippen LogP) is 2.00. The zero-order valence-electron chi connectivity index (χ0n) is 12.9. The first-order valence-electron chi connectivity index (χ1n) is 7.32. The number of rotatable bonds is 4. The predicted molar refractivity (Wildman–Crippen MR) is 85.1 cm³/mol. The average molecular weight is 379 g/mol. The maximum Gasteiger partial charge on any atom is 0.348 e. The van der Waals surface area contributed by atoms with Gasteiger partial charge < -0.3 is 19.9 Å². The molecule has 0 bridgehead atoms. The van der Waals surface area contributed by atoms with Gasteiger partial charge >= 0.3 is 5.69 Å². The molecule has 4 atom stereocenters. The van der Waals surface area contributed by atoms with Gasteiger partial charge in [0.15, 0.2) is 5.79 Å². The maximum absolute atomic E-state index is 11.2. The minimum absolute atomic E-state index is 0.0772. The monoisotopic (exact) mass is 378 g/mol. The number of hydrogen-bond donors (Lipinski definition) is 2. The van der Waals surface area contributed by atoms with Crippen LogP contribution in [0.4, 0.5) is 11.5 Å². The van der Waals surface area contributed by atoms with Crippen LogP contribution in [-0.2, 0) is 9.47 Å². The Morgan fingerprint density at radius 1 is 1.38 bits per heavy atom. The minimum Gasteiger partial charge on any atom is -0.396 e. The molecular weight excluding hydrogens is 363 g/mol. The summed E-state index contributed by atoms with van der Waals surface area (Å²) in [5, 5.41) is 23.2. The third-order valence-corrected chi connectivity index (χ3v) is 4.57. The second-order valence-corrected chi connectivity index (χ2v) is 6.93. The third kappa shape index (κ3) is 3.14. The van der Waals surface area contributed by atoms with Crippen molar-refractivity contribution < 1.29 is 19.5 Å². The number of ether oxygens (including phenoxy) is 2. The van der Waals surface area contributed by atoms with E-state index in [1.807, 2.05) is 0 Å². The number of nitro groups is 1. The SMILES string of the molecule is CC1(C)O[C@@H]2[C@@H](CO)C[C@@H](Nc3nc(Cl)nc(Cl)c3[N+](=O)[O-])[C@@H]2O1. The van der Waals surface area contributed by atoms with Gasteiger partial charge in [-0.2, -0.15) is 9.97 Å². The van der Waals surface area contributed by atoms with Gasteiger partial charge in [-0.25, -0.2) is 0 Å². The number of aliphatic hydroxyl groups is 1. The average Bonchev–Trinajstić information content (AvgIpc) is 2.91. The van der Waals surface area contributed by atoms with Gasteiger partial charge in [0.05, 0.1) is 17.1 Å². The summed E-state index contributed by atoms with van der Waals surface area (Å²) in [5.74, 6) is -1.03. The van der Waals surface area contributed by atoms with E-state index in [0.717, 1.165) is 0 Å². The minimum atomic E-state index is -0.796. The van der Waals surface area contributed by atoms with Crippen LogP contribution in [-0.4, -0.2) is 50.6 Å². The van der Waals surface area contributed by atoms with Crippen molar-refractivity contribution >= 4 is 34.7 Å². The van der Waals surface area contributed by atoms with Crippen molar-refractivity contribution in [3.8, 4) is 0 Å². The number of hydrogen-bond acceptors (Lipinski definition) is 8. The summed E-state index contributed by atoms with van der Waals surface area (Å²) in [4.78, 5) is 18.0. The number of halogens is 2. The zero-order valence-corrected chi connectivity index (χ0v) is 14.4. The van der Waals surface area contributed by atoms with Crippen LogP contribution in [0.15, 0.2) is 0 Å². The molecule has 1 aliphatic carbocycles. The molecule has 24 heavy (non-hydrogen) atoms. The lowest BCUT2D eigenvalue weighted by Gasteiger charge is -2.23. The van der Waals surface area contributed by atoms with Crippen molar-refractivity contribution in [2.75, 3.05) is 11.9 Å². The highest BCUT2D eigenvalue weighted by Crippen LogP contribution is 2.43. The van der Waals surface area contributed by atoms with Crippen molar-refractivity contribution in [1.82, 2.24) is 9.97 Å². The highest BCUT2D eigenvalue weighted by Gasteiger charge is 2.54. The molecule has 2 N–H and O–H groups in total. The molecule has 0 amide bonds. The highest BCUT2D eigenvalue weighted by molar-refractivity contribution is 6.33. The lowest BCUT2D eigenvalue weighted by Crippen LogP contribution is -2.35. The van der Waals surface area contributed by atoms with Crippen LogP contribution < -0.4 is 5.32 Å². The summed E-state index contributed by atoms with van der Waals surface area (Å²) in [6.45, 7) is 3.47. The van der Waals surface area contributed by atoms with Crippen molar-refractivity contribution in [2.24, 2.45) is 5.92 Å². The van der Waals surface area contributed by atoms with Crippen molar-refractivity contribution in [2.45, 2.75) is 44.3 Å². The fraction of sp³-hybridized carbons (Fsp3) is 0.692. The number of anilines is 1. The van der Waals surface area contributed by atoms with Crippen LogP contribution in [0, 0.1) is 16.0 Å². The van der Waals surface area contributed by atoms with Crippen molar-refractivity contribution in [3.05, 3.63) is 20.6 Å². The Balaban J connectivity index is 1.90. The molecule has 1 aromatic heterocycles. The molecule has 2 fully saturated rings. The Hall–Kier alpha value is -1.26. The quantitative estimate of drug-likeness (QED) is 0.353.